The lowest BCUT2D eigenvalue weighted by molar-refractivity contribution is -0.140. The first-order valence-corrected chi connectivity index (χ1v) is 5.39. The number of fused-ring (bicyclic) bond motifs is 2. The largest absolute Gasteiger partial charge is 0.481 e. The minimum absolute atomic E-state index is 0.0456. The van der Waals surface area contributed by atoms with E-state index in [2.05, 4.69) is 26.0 Å². The molecule has 0 heterocycles. The smallest absolute Gasteiger partial charge is 0.303 e. The number of carboxylic acids is 1. The molecule has 0 spiro atoms. The van der Waals surface area contributed by atoms with Crippen LogP contribution in [0.2, 0.25) is 0 Å². The molecule has 3 unspecified atom stereocenters. The van der Waals surface area contributed by atoms with Crippen molar-refractivity contribution >= 4 is 5.97 Å². The van der Waals surface area contributed by atoms with Gasteiger partial charge in [-0.1, -0.05) is 26.0 Å². The Labute approximate surface area is 85.0 Å². The summed E-state index contributed by atoms with van der Waals surface area (Å²) >= 11 is 0. The molecular weight excluding hydrogens is 176 g/mol. The molecule has 3 atom stereocenters. The van der Waals surface area contributed by atoms with E-state index in [-0.39, 0.29) is 5.41 Å². The Hall–Kier alpha value is -0.790. The third-order valence-corrected chi connectivity index (χ3v) is 3.89. The lowest BCUT2D eigenvalue weighted by Gasteiger charge is -2.34. The van der Waals surface area contributed by atoms with E-state index in [0.29, 0.717) is 18.3 Å². The van der Waals surface area contributed by atoms with E-state index in [1.165, 1.54) is 12.8 Å². The highest BCUT2D eigenvalue weighted by Gasteiger charge is 2.44. The first-order valence-electron chi connectivity index (χ1n) is 5.39. The average molecular weight is 194 g/mol. The molecule has 2 aliphatic rings. The monoisotopic (exact) mass is 194 g/mol. The fraction of sp³-hybridized carbons (Fsp3) is 0.750. The summed E-state index contributed by atoms with van der Waals surface area (Å²) in [5.41, 5.74) is -0.0456. The zero-order valence-electron chi connectivity index (χ0n) is 8.86. The van der Waals surface area contributed by atoms with E-state index in [1.807, 2.05) is 0 Å². The third-order valence-electron chi connectivity index (χ3n) is 3.89. The molecule has 0 aliphatic heterocycles. The number of carboxylic acid groups (broad SMARTS) is 1. The topological polar surface area (TPSA) is 37.3 Å². The predicted molar refractivity (Wildman–Crippen MR) is 54.9 cm³/mol. The van der Waals surface area contributed by atoms with Crippen molar-refractivity contribution in [1.29, 1.82) is 0 Å². The fourth-order valence-corrected chi connectivity index (χ4v) is 3.20. The van der Waals surface area contributed by atoms with Crippen molar-refractivity contribution in [2.45, 2.75) is 33.1 Å². The predicted octanol–water partition coefficient (Wildman–Crippen LogP) is 2.70. The molecule has 1 saturated carbocycles. The third kappa shape index (κ3) is 1.58. The van der Waals surface area contributed by atoms with Crippen molar-refractivity contribution in [3.63, 3.8) is 0 Å². The summed E-state index contributed by atoms with van der Waals surface area (Å²) in [4.78, 5) is 10.8. The van der Waals surface area contributed by atoms with Crippen LogP contribution in [0.15, 0.2) is 12.2 Å². The molecule has 1 N–H and O–H groups in total. The molecule has 2 bridgehead atoms. The van der Waals surface area contributed by atoms with Crippen LogP contribution in [0.25, 0.3) is 0 Å². The summed E-state index contributed by atoms with van der Waals surface area (Å²) in [6, 6.07) is 0. The van der Waals surface area contributed by atoms with E-state index < -0.39 is 5.97 Å². The van der Waals surface area contributed by atoms with Gasteiger partial charge >= 0.3 is 5.97 Å². The van der Waals surface area contributed by atoms with Gasteiger partial charge in [0.05, 0.1) is 6.42 Å². The van der Waals surface area contributed by atoms with Crippen LogP contribution in [0.3, 0.4) is 0 Å². The number of carbonyl (C=O) groups is 1. The Morgan fingerprint density at radius 3 is 2.57 bits per heavy atom. The van der Waals surface area contributed by atoms with Gasteiger partial charge in [-0.3, -0.25) is 4.79 Å². The average Bonchev–Trinajstić information content (AvgIpc) is 2.60. The molecule has 0 aromatic heterocycles. The maximum absolute atomic E-state index is 10.8. The molecule has 2 heteroatoms. The Bertz CT molecular complexity index is 278. The van der Waals surface area contributed by atoms with Gasteiger partial charge in [0, 0.05) is 0 Å². The van der Waals surface area contributed by atoms with Crippen LogP contribution in [0, 0.1) is 23.2 Å². The normalized spacial score (nSPS) is 35.1. The number of rotatable bonds is 3. The van der Waals surface area contributed by atoms with Crippen molar-refractivity contribution in [2.24, 2.45) is 23.2 Å². The lowest BCUT2D eigenvalue weighted by atomic mass is 9.70. The van der Waals surface area contributed by atoms with Gasteiger partial charge in [0.1, 0.15) is 0 Å². The van der Waals surface area contributed by atoms with Gasteiger partial charge in [-0.05, 0) is 36.0 Å². The van der Waals surface area contributed by atoms with Gasteiger partial charge in [0.2, 0.25) is 0 Å². The fourth-order valence-electron chi connectivity index (χ4n) is 3.20. The van der Waals surface area contributed by atoms with Crippen LogP contribution >= 0.6 is 0 Å². The minimum atomic E-state index is -0.665. The number of allylic oxidation sites excluding steroid dienone is 2. The van der Waals surface area contributed by atoms with Crippen LogP contribution in [-0.4, -0.2) is 11.1 Å². The summed E-state index contributed by atoms with van der Waals surface area (Å²) in [5, 5.41) is 8.86. The Morgan fingerprint density at radius 1 is 1.43 bits per heavy atom. The second kappa shape index (κ2) is 3.11. The first-order chi connectivity index (χ1) is 6.49. The second-order valence-electron chi connectivity index (χ2n) is 5.45. The molecule has 2 rings (SSSR count). The molecule has 2 aliphatic carbocycles. The number of aliphatic carboxylic acids is 1. The second-order valence-corrected chi connectivity index (χ2v) is 5.45. The molecule has 0 saturated heterocycles. The van der Waals surface area contributed by atoms with E-state index >= 15 is 0 Å². The van der Waals surface area contributed by atoms with Gasteiger partial charge in [-0.15, -0.1) is 0 Å². The van der Waals surface area contributed by atoms with Gasteiger partial charge in [-0.2, -0.15) is 0 Å². The molecule has 0 amide bonds. The van der Waals surface area contributed by atoms with Crippen molar-refractivity contribution in [3.8, 4) is 0 Å². The van der Waals surface area contributed by atoms with Crippen LogP contribution < -0.4 is 0 Å². The molecule has 78 valence electrons. The van der Waals surface area contributed by atoms with E-state index in [0.717, 1.165) is 5.92 Å². The summed E-state index contributed by atoms with van der Waals surface area (Å²) in [7, 11) is 0. The highest BCUT2D eigenvalue weighted by molar-refractivity contribution is 5.67. The maximum atomic E-state index is 10.8. The van der Waals surface area contributed by atoms with E-state index in [9.17, 15) is 4.79 Å². The van der Waals surface area contributed by atoms with Gasteiger partial charge in [-0.25, -0.2) is 0 Å². The van der Waals surface area contributed by atoms with Crippen LogP contribution in [0.5, 0.6) is 0 Å². The molecular formula is C12H18O2. The molecule has 2 nitrogen and oxygen atoms in total. The molecule has 0 aromatic carbocycles. The SMILES string of the molecule is CC(C)(CC(=O)O)C1CC2C=CC1C2. The number of hydrogen-bond donors (Lipinski definition) is 1. The van der Waals surface area contributed by atoms with Crippen LogP contribution in [0.4, 0.5) is 0 Å². The van der Waals surface area contributed by atoms with Gasteiger partial charge in [0.15, 0.2) is 0 Å². The van der Waals surface area contributed by atoms with Gasteiger partial charge in [0.25, 0.3) is 0 Å². The Morgan fingerprint density at radius 2 is 2.14 bits per heavy atom. The van der Waals surface area contributed by atoms with Gasteiger partial charge < -0.3 is 5.11 Å². The van der Waals surface area contributed by atoms with Crippen LogP contribution in [0.1, 0.15) is 33.1 Å². The lowest BCUT2D eigenvalue weighted by Crippen LogP contribution is -2.29. The Kier molecular flexibility index (Phi) is 2.17. The van der Waals surface area contributed by atoms with E-state index in [4.69, 9.17) is 5.11 Å². The zero-order valence-corrected chi connectivity index (χ0v) is 8.86. The molecule has 1 fully saturated rings. The summed E-state index contributed by atoms with van der Waals surface area (Å²) in [5.74, 6) is 1.29. The maximum Gasteiger partial charge on any atom is 0.303 e. The van der Waals surface area contributed by atoms with Crippen molar-refractivity contribution in [1.82, 2.24) is 0 Å². The van der Waals surface area contributed by atoms with Crippen molar-refractivity contribution < 1.29 is 9.90 Å². The quantitative estimate of drug-likeness (QED) is 0.701. The minimum Gasteiger partial charge on any atom is -0.481 e. The standard InChI is InChI=1S/C12H18O2/c1-12(2,7-11(13)14)10-6-8-3-4-9(10)5-8/h3-4,8-10H,5-7H2,1-2H3,(H,13,14). The highest BCUT2D eigenvalue weighted by atomic mass is 16.4. The summed E-state index contributed by atoms with van der Waals surface area (Å²) in [6.45, 7) is 4.20. The zero-order chi connectivity index (χ0) is 10.3. The van der Waals surface area contributed by atoms with E-state index in [1.54, 1.807) is 0 Å². The summed E-state index contributed by atoms with van der Waals surface area (Å²) in [6.07, 6.45) is 7.35. The molecule has 14 heavy (non-hydrogen) atoms. The molecule has 0 radical (unpaired) electrons. The Balaban J connectivity index is 2.08. The number of hydrogen-bond acceptors (Lipinski definition) is 1. The molecule has 0 aromatic rings. The first kappa shape index (κ1) is 9.75. The summed E-state index contributed by atoms with van der Waals surface area (Å²) < 4.78 is 0. The van der Waals surface area contributed by atoms with Crippen LogP contribution in [-0.2, 0) is 4.79 Å². The van der Waals surface area contributed by atoms with Crippen molar-refractivity contribution in [2.75, 3.05) is 0 Å². The van der Waals surface area contributed by atoms with Crippen molar-refractivity contribution in [3.05, 3.63) is 12.2 Å². The highest BCUT2D eigenvalue weighted by Crippen LogP contribution is 2.52.